The van der Waals surface area contributed by atoms with E-state index in [2.05, 4.69) is 18.8 Å². The van der Waals surface area contributed by atoms with Crippen molar-refractivity contribution in [2.75, 3.05) is 0 Å². The summed E-state index contributed by atoms with van der Waals surface area (Å²) in [4.78, 5) is 3.88. The lowest BCUT2D eigenvalue weighted by atomic mass is 10.2. The van der Waals surface area contributed by atoms with Crippen molar-refractivity contribution in [2.45, 2.75) is 20.8 Å². The van der Waals surface area contributed by atoms with Gasteiger partial charge in [-0.1, -0.05) is 13.8 Å². The predicted molar refractivity (Wildman–Crippen MR) is 41.3 cm³/mol. The highest BCUT2D eigenvalue weighted by Gasteiger charge is 1.86. The first-order valence-corrected chi connectivity index (χ1v) is 3.12. The van der Waals surface area contributed by atoms with Crippen molar-refractivity contribution >= 4 is 6.21 Å². The Morgan fingerprint density at radius 1 is 1.56 bits per heavy atom. The molecule has 0 aromatic rings. The summed E-state index contributed by atoms with van der Waals surface area (Å²) in [6, 6.07) is 0. The molecule has 0 aliphatic carbocycles. The molecule has 0 rings (SSSR count). The molecule has 0 radical (unpaired) electrons. The van der Waals surface area contributed by atoms with Crippen LogP contribution in [-0.4, -0.2) is 6.21 Å². The van der Waals surface area contributed by atoms with E-state index < -0.39 is 0 Å². The Hall–Kier alpha value is -0.790. The van der Waals surface area contributed by atoms with Gasteiger partial charge in [0.2, 0.25) is 0 Å². The second-order valence-electron chi connectivity index (χ2n) is 2.22. The van der Waals surface area contributed by atoms with E-state index >= 15 is 0 Å². The number of allylic oxidation sites excluding steroid dienone is 1. The normalized spacial score (nSPS) is 13.6. The summed E-state index contributed by atoms with van der Waals surface area (Å²) < 4.78 is 0. The summed E-state index contributed by atoms with van der Waals surface area (Å²) in [5, 5.41) is 0. The highest BCUT2D eigenvalue weighted by Crippen LogP contribution is 1.96. The van der Waals surface area contributed by atoms with Gasteiger partial charge in [-0.15, -0.1) is 0 Å². The van der Waals surface area contributed by atoms with E-state index in [4.69, 9.17) is 5.73 Å². The maximum absolute atomic E-state index is 5.45. The Labute approximate surface area is 56.5 Å². The average molecular weight is 126 g/mol. The van der Waals surface area contributed by atoms with Crippen LogP contribution in [0.25, 0.3) is 0 Å². The molecule has 0 fully saturated rings. The van der Waals surface area contributed by atoms with Gasteiger partial charge in [-0.05, 0) is 18.9 Å². The molecule has 0 bridgehead atoms. The Morgan fingerprint density at radius 3 is 2.44 bits per heavy atom. The Bertz CT molecular complexity index is 123. The van der Waals surface area contributed by atoms with Crippen LogP contribution in [0.15, 0.2) is 16.9 Å². The number of hydrogen-bond donors (Lipinski definition) is 1. The van der Waals surface area contributed by atoms with Crippen LogP contribution >= 0.6 is 0 Å². The Balaban J connectivity index is 3.84. The van der Waals surface area contributed by atoms with Crippen LogP contribution in [0.4, 0.5) is 0 Å². The third-order valence-corrected chi connectivity index (χ3v) is 0.782. The molecule has 0 saturated carbocycles. The number of rotatable bonds is 2. The van der Waals surface area contributed by atoms with Gasteiger partial charge in [0.1, 0.15) is 5.82 Å². The van der Waals surface area contributed by atoms with Gasteiger partial charge in [0.25, 0.3) is 0 Å². The van der Waals surface area contributed by atoms with Gasteiger partial charge in [-0.2, -0.15) is 0 Å². The van der Waals surface area contributed by atoms with Crippen molar-refractivity contribution in [3.05, 3.63) is 11.9 Å². The van der Waals surface area contributed by atoms with Crippen LogP contribution in [0, 0.1) is 5.92 Å². The maximum atomic E-state index is 5.45. The van der Waals surface area contributed by atoms with E-state index in [1.54, 1.807) is 6.21 Å². The molecule has 0 saturated heterocycles. The van der Waals surface area contributed by atoms with E-state index in [0.29, 0.717) is 11.7 Å². The van der Waals surface area contributed by atoms with Crippen LogP contribution < -0.4 is 5.73 Å². The van der Waals surface area contributed by atoms with Gasteiger partial charge in [0.05, 0.1) is 0 Å². The molecule has 0 aromatic carbocycles. The number of aliphatic imine (C=N–C) groups is 1. The number of nitrogens with two attached hydrogens (primary N) is 1. The van der Waals surface area contributed by atoms with Crippen molar-refractivity contribution < 1.29 is 0 Å². The zero-order chi connectivity index (χ0) is 7.28. The first kappa shape index (κ1) is 8.21. The van der Waals surface area contributed by atoms with Gasteiger partial charge in [-0.25, -0.2) is 4.99 Å². The molecule has 0 aliphatic rings. The first-order valence-electron chi connectivity index (χ1n) is 3.12. The monoisotopic (exact) mass is 126 g/mol. The molecule has 2 nitrogen and oxygen atoms in total. The molecule has 0 unspecified atom stereocenters. The largest absolute Gasteiger partial charge is 0.384 e. The van der Waals surface area contributed by atoms with E-state index in [1.807, 2.05) is 13.0 Å². The maximum Gasteiger partial charge on any atom is 0.119 e. The molecule has 52 valence electrons. The smallest absolute Gasteiger partial charge is 0.119 e. The van der Waals surface area contributed by atoms with E-state index in [0.717, 1.165) is 0 Å². The molecular formula is C7H14N2. The molecule has 0 spiro atoms. The second kappa shape index (κ2) is 4.13. The minimum Gasteiger partial charge on any atom is -0.384 e. The number of hydrogen-bond acceptors (Lipinski definition) is 2. The van der Waals surface area contributed by atoms with E-state index in [1.165, 1.54) is 0 Å². The fourth-order valence-corrected chi connectivity index (χ4v) is 0.534. The fraction of sp³-hybridized carbons (Fsp3) is 0.571. The zero-order valence-electron chi connectivity index (χ0n) is 6.26. The molecule has 0 aromatic heterocycles. The minimum absolute atomic E-state index is 0.480. The van der Waals surface area contributed by atoms with Crippen molar-refractivity contribution in [1.29, 1.82) is 0 Å². The van der Waals surface area contributed by atoms with Crippen molar-refractivity contribution in [3.8, 4) is 0 Å². The Kier molecular flexibility index (Phi) is 3.76. The summed E-state index contributed by atoms with van der Waals surface area (Å²) in [5.74, 6) is 1.08. The molecule has 0 aliphatic heterocycles. The third kappa shape index (κ3) is 5.07. The summed E-state index contributed by atoms with van der Waals surface area (Å²) >= 11 is 0. The predicted octanol–water partition coefficient (Wildman–Crippen LogP) is 1.53. The molecular weight excluding hydrogens is 112 g/mol. The average Bonchev–Trinajstić information content (AvgIpc) is 1.63. The fourth-order valence-electron chi connectivity index (χ4n) is 0.534. The van der Waals surface area contributed by atoms with Gasteiger partial charge >= 0.3 is 0 Å². The zero-order valence-corrected chi connectivity index (χ0v) is 6.26. The SMILES string of the molecule is C/C=N\C(N)=C/C(C)C. The highest BCUT2D eigenvalue weighted by atomic mass is 14.9. The molecule has 0 amide bonds. The molecule has 0 heterocycles. The van der Waals surface area contributed by atoms with Gasteiger partial charge in [0.15, 0.2) is 0 Å². The lowest BCUT2D eigenvalue weighted by Crippen LogP contribution is -1.95. The first-order chi connectivity index (χ1) is 4.16. The summed E-state index contributed by atoms with van der Waals surface area (Å²) in [7, 11) is 0. The van der Waals surface area contributed by atoms with Crippen LogP contribution in [0.5, 0.6) is 0 Å². The summed E-state index contributed by atoms with van der Waals surface area (Å²) in [5.41, 5.74) is 5.45. The van der Waals surface area contributed by atoms with Gasteiger partial charge in [-0.3, -0.25) is 0 Å². The highest BCUT2D eigenvalue weighted by molar-refractivity contribution is 5.54. The quantitative estimate of drug-likeness (QED) is 0.560. The standard InChI is InChI=1S/C7H14N2/c1-4-9-7(8)5-6(2)3/h4-6H,8H2,1-3H3/b7-5-,9-4-. The lowest BCUT2D eigenvalue weighted by molar-refractivity contribution is 0.817. The third-order valence-electron chi connectivity index (χ3n) is 0.782. The topological polar surface area (TPSA) is 38.4 Å². The molecule has 0 atom stereocenters. The van der Waals surface area contributed by atoms with Crippen molar-refractivity contribution in [3.63, 3.8) is 0 Å². The van der Waals surface area contributed by atoms with Crippen molar-refractivity contribution in [2.24, 2.45) is 16.6 Å². The van der Waals surface area contributed by atoms with E-state index in [-0.39, 0.29) is 0 Å². The van der Waals surface area contributed by atoms with Crippen LogP contribution in [0.1, 0.15) is 20.8 Å². The summed E-state index contributed by atoms with van der Waals surface area (Å²) in [6.45, 7) is 5.98. The van der Waals surface area contributed by atoms with Crippen LogP contribution in [0.3, 0.4) is 0 Å². The minimum atomic E-state index is 0.480. The molecule has 2 N–H and O–H groups in total. The number of nitrogens with zero attached hydrogens (tertiary/aromatic N) is 1. The molecule has 2 heteroatoms. The van der Waals surface area contributed by atoms with Gasteiger partial charge < -0.3 is 5.73 Å². The lowest BCUT2D eigenvalue weighted by Gasteiger charge is -1.94. The molecule has 9 heavy (non-hydrogen) atoms. The second-order valence-corrected chi connectivity index (χ2v) is 2.22. The van der Waals surface area contributed by atoms with E-state index in [9.17, 15) is 0 Å². The van der Waals surface area contributed by atoms with Crippen LogP contribution in [0.2, 0.25) is 0 Å². The Morgan fingerprint density at radius 2 is 2.11 bits per heavy atom. The summed E-state index contributed by atoms with van der Waals surface area (Å²) in [6.07, 6.45) is 3.61. The van der Waals surface area contributed by atoms with Crippen LogP contribution in [-0.2, 0) is 0 Å². The van der Waals surface area contributed by atoms with Gasteiger partial charge in [0, 0.05) is 6.21 Å². The van der Waals surface area contributed by atoms with Crippen molar-refractivity contribution in [1.82, 2.24) is 0 Å².